The molecule has 1 unspecified atom stereocenters. The van der Waals surface area contributed by atoms with Crippen molar-refractivity contribution in [1.82, 2.24) is 5.32 Å². The Labute approximate surface area is 114 Å². The molecule has 0 aromatic heterocycles. The van der Waals surface area contributed by atoms with Gasteiger partial charge in [-0.25, -0.2) is 0 Å². The average Bonchev–Trinajstić information content (AvgIpc) is 2.47. The smallest absolute Gasteiger partial charge is 0.121 e. The third-order valence-corrected chi connectivity index (χ3v) is 3.10. The summed E-state index contributed by atoms with van der Waals surface area (Å²) in [5.74, 6) is 0. The minimum Gasteiger partial charge on any atom is -0.295 e. The molecule has 0 aliphatic carbocycles. The van der Waals surface area contributed by atoms with Gasteiger partial charge in [0.2, 0.25) is 0 Å². The van der Waals surface area contributed by atoms with Gasteiger partial charge in [-0.1, -0.05) is 60.7 Å². The number of nitriles is 1. The maximum absolute atomic E-state index is 9.28. The Hall–Kier alpha value is -2.11. The molecule has 0 radical (unpaired) electrons. The predicted molar refractivity (Wildman–Crippen MR) is 77.5 cm³/mol. The zero-order valence-corrected chi connectivity index (χ0v) is 11.1. The standard InChI is InChI=1S/C17H18N2/c1-14(12-15-8-4-2-5-9-15)19-17(13-18)16-10-6-3-7-11-16/h2-11,14,17,19H,12H2,1H3/t14-,17?/m0/s1. The Morgan fingerprint density at radius 2 is 1.58 bits per heavy atom. The zero-order chi connectivity index (χ0) is 13.5. The Balaban J connectivity index is 1.98. The second kappa shape index (κ2) is 6.72. The molecule has 0 heterocycles. The summed E-state index contributed by atoms with van der Waals surface area (Å²) in [5.41, 5.74) is 2.30. The van der Waals surface area contributed by atoms with Crippen LogP contribution in [0.15, 0.2) is 60.7 Å². The van der Waals surface area contributed by atoms with E-state index >= 15 is 0 Å². The normalized spacial score (nSPS) is 13.5. The lowest BCUT2D eigenvalue weighted by Gasteiger charge is -2.18. The molecule has 0 aliphatic heterocycles. The van der Waals surface area contributed by atoms with Crippen LogP contribution in [0.1, 0.15) is 24.1 Å². The van der Waals surface area contributed by atoms with Crippen molar-refractivity contribution in [2.75, 3.05) is 0 Å². The molecule has 2 rings (SSSR count). The van der Waals surface area contributed by atoms with Gasteiger partial charge in [0.25, 0.3) is 0 Å². The van der Waals surface area contributed by atoms with Gasteiger partial charge in [-0.15, -0.1) is 0 Å². The van der Waals surface area contributed by atoms with E-state index in [-0.39, 0.29) is 12.1 Å². The first-order valence-corrected chi connectivity index (χ1v) is 6.54. The largest absolute Gasteiger partial charge is 0.295 e. The van der Waals surface area contributed by atoms with Crippen LogP contribution < -0.4 is 5.32 Å². The first-order chi connectivity index (χ1) is 9.29. The molecule has 2 aromatic rings. The second-order valence-corrected chi connectivity index (χ2v) is 4.73. The molecule has 2 nitrogen and oxygen atoms in total. The van der Waals surface area contributed by atoms with E-state index in [0.717, 1.165) is 12.0 Å². The van der Waals surface area contributed by atoms with Gasteiger partial charge in [-0.05, 0) is 24.5 Å². The molecular formula is C17H18N2. The van der Waals surface area contributed by atoms with Crippen molar-refractivity contribution in [3.63, 3.8) is 0 Å². The maximum atomic E-state index is 9.28. The van der Waals surface area contributed by atoms with Crippen LogP contribution in [0.4, 0.5) is 0 Å². The van der Waals surface area contributed by atoms with Gasteiger partial charge in [0, 0.05) is 6.04 Å². The Morgan fingerprint density at radius 1 is 1.00 bits per heavy atom. The van der Waals surface area contributed by atoms with Crippen LogP contribution in [-0.2, 0) is 6.42 Å². The molecule has 19 heavy (non-hydrogen) atoms. The first-order valence-electron chi connectivity index (χ1n) is 6.54. The van der Waals surface area contributed by atoms with Crippen LogP contribution in [0, 0.1) is 11.3 Å². The van der Waals surface area contributed by atoms with Gasteiger partial charge in [-0.3, -0.25) is 5.32 Å². The fraction of sp³-hybridized carbons (Fsp3) is 0.235. The SMILES string of the molecule is C[C@@H](Cc1ccccc1)NC(C#N)c1ccccc1. The third kappa shape index (κ3) is 3.94. The quantitative estimate of drug-likeness (QED) is 0.882. The summed E-state index contributed by atoms with van der Waals surface area (Å²) in [4.78, 5) is 0. The Bertz CT molecular complexity index is 528. The van der Waals surface area contributed by atoms with Gasteiger partial charge in [0.1, 0.15) is 6.04 Å². The number of hydrogen-bond donors (Lipinski definition) is 1. The zero-order valence-electron chi connectivity index (χ0n) is 11.1. The molecule has 0 amide bonds. The molecule has 2 aromatic carbocycles. The predicted octanol–water partition coefficient (Wildman–Crippen LogP) is 3.47. The maximum Gasteiger partial charge on any atom is 0.121 e. The lowest BCUT2D eigenvalue weighted by molar-refractivity contribution is 0.510. The van der Waals surface area contributed by atoms with Gasteiger partial charge in [0.15, 0.2) is 0 Å². The molecule has 0 saturated carbocycles. The average molecular weight is 250 g/mol. The summed E-state index contributed by atoms with van der Waals surface area (Å²) < 4.78 is 0. The van der Waals surface area contributed by atoms with Crippen LogP contribution in [-0.4, -0.2) is 6.04 Å². The van der Waals surface area contributed by atoms with Crippen LogP contribution in [0.3, 0.4) is 0 Å². The molecule has 0 spiro atoms. The third-order valence-electron chi connectivity index (χ3n) is 3.10. The fourth-order valence-electron chi connectivity index (χ4n) is 2.16. The molecule has 0 fully saturated rings. The van der Waals surface area contributed by atoms with Crippen molar-refractivity contribution in [2.24, 2.45) is 0 Å². The number of hydrogen-bond acceptors (Lipinski definition) is 2. The summed E-state index contributed by atoms with van der Waals surface area (Å²) in [6, 6.07) is 22.5. The van der Waals surface area contributed by atoms with E-state index in [2.05, 4.69) is 30.4 Å². The minimum absolute atomic E-state index is 0.250. The van der Waals surface area contributed by atoms with E-state index < -0.39 is 0 Å². The van der Waals surface area contributed by atoms with Crippen LogP contribution in [0.25, 0.3) is 0 Å². The first kappa shape index (κ1) is 13.3. The number of benzene rings is 2. The molecule has 2 atom stereocenters. The molecule has 2 heteroatoms. The van der Waals surface area contributed by atoms with Crippen molar-refractivity contribution in [3.8, 4) is 6.07 Å². The molecule has 0 aliphatic rings. The van der Waals surface area contributed by atoms with Gasteiger partial charge in [0.05, 0.1) is 6.07 Å². The Morgan fingerprint density at radius 3 is 2.16 bits per heavy atom. The number of nitrogens with zero attached hydrogens (tertiary/aromatic N) is 1. The van der Waals surface area contributed by atoms with Gasteiger partial charge in [-0.2, -0.15) is 5.26 Å². The monoisotopic (exact) mass is 250 g/mol. The van der Waals surface area contributed by atoms with Crippen molar-refractivity contribution in [3.05, 3.63) is 71.8 Å². The summed E-state index contributed by atoms with van der Waals surface area (Å²) in [7, 11) is 0. The summed E-state index contributed by atoms with van der Waals surface area (Å²) in [6.45, 7) is 2.11. The summed E-state index contributed by atoms with van der Waals surface area (Å²) >= 11 is 0. The van der Waals surface area contributed by atoms with Crippen molar-refractivity contribution >= 4 is 0 Å². The highest BCUT2D eigenvalue weighted by Crippen LogP contribution is 2.13. The van der Waals surface area contributed by atoms with Crippen molar-refractivity contribution < 1.29 is 0 Å². The molecule has 96 valence electrons. The fourth-order valence-corrected chi connectivity index (χ4v) is 2.16. The van der Waals surface area contributed by atoms with Crippen LogP contribution in [0.2, 0.25) is 0 Å². The molecular weight excluding hydrogens is 232 g/mol. The van der Waals surface area contributed by atoms with E-state index in [0.29, 0.717) is 0 Å². The van der Waals surface area contributed by atoms with E-state index in [9.17, 15) is 5.26 Å². The lowest BCUT2D eigenvalue weighted by atomic mass is 10.0. The molecule has 0 saturated heterocycles. The van der Waals surface area contributed by atoms with E-state index in [1.165, 1.54) is 5.56 Å². The Kier molecular flexibility index (Phi) is 4.72. The van der Waals surface area contributed by atoms with Gasteiger partial charge >= 0.3 is 0 Å². The van der Waals surface area contributed by atoms with Gasteiger partial charge < -0.3 is 0 Å². The second-order valence-electron chi connectivity index (χ2n) is 4.73. The highest BCUT2D eigenvalue weighted by Gasteiger charge is 2.13. The minimum atomic E-state index is -0.250. The molecule has 1 N–H and O–H groups in total. The number of rotatable bonds is 5. The molecule has 0 bridgehead atoms. The van der Waals surface area contributed by atoms with Crippen LogP contribution >= 0.6 is 0 Å². The lowest BCUT2D eigenvalue weighted by Crippen LogP contribution is -2.31. The highest BCUT2D eigenvalue weighted by atomic mass is 14.9. The summed E-state index contributed by atoms with van der Waals surface area (Å²) in [6.07, 6.45) is 0.922. The van der Waals surface area contributed by atoms with E-state index in [1.54, 1.807) is 0 Å². The topological polar surface area (TPSA) is 35.8 Å². The van der Waals surface area contributed by atoms with Crippen molar-refractivity contribution in [2.45, 2.75) is 25.4 Å². The summed E-state index contributed by atoms with van der Waals surface area (Å²) in [5, 5.41) is 12.7. The van der Waals surface area contributed by atoms with Crippen LogP contribution in [0.5, 0.6) is 0 Å². The van der Waals surface area contributed by atoms with Crippen molar-refractivity contribution in [1.29, 1.82) is 5.26 Å². The van der Waals surface area contributed by atoms with E-state index in [4.69, 9.17) is 0 Å². The number of nitrogens with one attached hydrogen (secondary N) is 1. The highest BCUT2D eigenvalue weighted by molar-refractivity contribution is 5.24. The van der Waals surface area contributed by atoms with E-state index in [1.807, 2.05) is 48.5 Å².